The fraction of sp³-hybridized carbons (Fsp3) is 0.567. The number of halogens is 1. The van der Waals surface area contributed by atoms with E-state index in [1.807, 2.05) is 32.9 Å². The largest absolute Gasteiger partial charge is 0.505 e. The minimum Gasteiger partial charge on any atom is -0.505 e. The van der Waals surface area contributed by atoms with Gasteiger partial charge in [-0.25, -0.2) is 0 Å². The molecule has 220 valence electrons. The van der Waals surface area contributed by atoms with Gasteiger partial charge >= 0.3 is 0 Å². The van der Waals surface area contributed by atoms with Crippen molar-refractivity contribution in [2.24, 2.45) is 0 Å². The van der Waals surface area contributed by atoms with Crippen molar-refractivity contribution in [2.45, 2.75) is 65.2 Å². The molecule has 0 aliphatic carbocycles. The highest BCUT2D eigenvalue weighted by molar-refractivity contribution is 6.31. The topological polar surface area (TPSA) is 108 Å². The fourth-order valence-corrected chi connectivity index (χ4v) is 4.24. The summed E-state index contributed by atoms with van der Waals surface area (Å²) in [6, 6.07) is 9.08. The van der Waals surface area contributed by atoms with Gasteiger partial charge in [0.05, 0.1) is 26.4 Å². The molecule has 0 fully saturated rings. The van der Waals surface area contributed by atoms with Gasteiger partial charge in [0.25, 0.3) is 0 Å². The Morgan fingerprint density at radius 2 is 1.60 bits per heavy atom. The number of carbonyl (C=O) groups excluding carboxylic acids is 1. The molecular formula is C30H43ClN4O5. The van der Waals surface area contributed by atoms with Gasteiger partial charge in [0.15, 0.2) is 0 Å². The Labute approximate surface area is 242 Å². The molecule has 0 spiro atoms. The lowest BCUT2D eigenvalue weighted by atomic mass is 9.84. The summed E-state index contributed by atoms with van der Waals surface area (Å²) in [6.07, 6.45) is 3.78. The molecule has 0 radical (unpaired) electrons. The maximum absolute atomic E-state index is 12.5. The molecule has 0 saturated carbocycles. The monoisotopic (exact) mass is 574 g/mol. The summed E-state index contributed by atoms with van der Waals surface area (Å²) in [6.45, 7) is 12.4. The van der Waals surface area contributed by atoms with Gasteiger partial charge in [0.1, 0.15) is 22.5 Å². The first-order valence-corrected chi connectivity index (χ1v) is 14.5. The van der Waals surface area contributed by atoms with Crippen molar-refractivity contribution in [3.63, 3.8) is 0 Å². The number of fused-ring (bicyclic) bond motifs is 1. The molecule has 1 amide bonds. The number of rotatable bonds is 17. The highest BCUT2D eigenvalue weighted by Gasteiger charge is 2.23. The lowest BCUT2D eigenvalue weighted by molar-refractivity contribution is -0.121. The SMILES string of the molecule is CCCCOCCOCCOCCCNC(=O)CCc1cc(-n2nc3ccc(Cl)cc3n2)c(O)c(C(C)(C)C)c1. The van der Waals surface area contributed by atoms with Crippen LogP contribution in [0.15, 0.2) is 30.3 Å². The summed E-state index contributed by atoms with van der Waals surface area (Å²) in [7, 11) is 0. The third-order valence-corrected chi connectivity index (χ3v) is 6.57. The summed E-state index contributed by atoms with van der Waals surface area (Å²) in [4.78, 5) is 13.9. The number of carbonyl (C=O) groups is 1. The molecule has 40 heavy (non-hydrogen) atoms. The van der Waals surface area contributed by atoms with Gasteiger partial charge in [-0.15, -0.1) is 15.0 Å². The first-order valence-electron chi connectivity index (χ1n) is 14.1. The van der Waals surface area contributed by atoms with E-state index in [0.29, 0.717) is 74.2 Å². The zero-order valence-electron chi connectivity index (χ0n) is 24.2. The maximum atomic E-state index is 12.5. The van der Waals surface area contributed by atoms with Crippen LogP contribution in [0.3, 0.4) is 0 Å². The van der Waals surface area contributed by atoms with Crippen LogP contribution in [0.2, 0.25) is 5.02 Å². The lowest BCUT2D eigenvalue weighted by Crippen LogP contribution is -2.25. The van der Waals surface area contributed by atoms with Gasteiger partial charge in [-0.3, -0.25) is 4.79 Å². The van der Waals surface area contributed by atoms with Crippen LogP contribution in [0.25, 0.3) is 16.7 Å². The number of aromatic hydroxyl groups is 1. The summed E-state index contributed by atoms with van der Waals surface area (Å²) in [5, 5.41) is 23.7. The third-order valence-electron chi connectivity index (χ3n) is 6.33. The van der Waals surface area contributed by atoms with Gasteiger partial charge in [0, 0.05) is 36.8 Å². The van der Waals surface area contributed by atoms with E-state index in [9.17, 15) is 9.90 Å². The van der Waals surface area contributed by atoms with E-state index in [-0.39, 0.29) is 17.1 Å². The van der Waals surface area contributed by atoms with Crippen molar-refractivity contribution in [1.82, 2.24) is 20.3 Å². The van der Waals surface area contributed by atoms with E-state index in [0.717, 1.165) is 37.0 Å². The van der Waals surface area contributed by atoms with E-state index in [1.54, 1.807) is 18.2 Å². The molecule has 1 heterocycles. The van der Waals surface area contributed by atoms with Crippen LogP contribution < -0.4 is 5.32 Å². The highest BCUT2D eigenvalue weighted by atomic mass is 35.5. The molecule has 0 aliphatic rings. The molecule has 2 N–H and O–H groups in total. The standard InChI is InChI=1S/C30H43ClN4O5/c1-5-6-13-38-15-17-40-18-16-39-14-7-12-32-28(36)11-8-22-19-24(30(2,3)4)29(37)27(20-22)35-33-25-10-9-23(31)21-26(25)34-35/h9-10,19-21,37H,5-8,11-18H2,1-4H3,(H,32,36). The Kier molecular flexibility index (Phi) is 12.6. The number of phenolic OH excluding ortho intramolecular Hbond substituents is 1. The maximum Gasteiger partial charge on any atom is 0.220 e. The summed E-state index contributed by atoms with van der Waals surface area (Å²) in [5.41, 5.74) is 3.16. The molecule has 0 aliphatic heterocycles. The van der Waals surface area contributed by atoms with Crippen LogP contribution >= 0.6 is 11.6 Å². The Morgan fingerprint density at radius 1 is 0.950 bits per heavy atom. The number of unbranched alkanes of at least 4 members (excludes halogenated alkanes) is 1. The van der Waals surface area contributed by atoms with Gasteiger partial charge < -0.3 is 24.6 Å². The van der Waals surface area contributed by atoms with Crippen molar-refractivity contribution < 1.29 is 24.1 Å². The second-order valence-corrected chi connectivity index (χ2v) is 11.2. The average molecular weight is 575 g/mol. The molecule has 0 bridgehead atoms. The van der Waals surface area contributed by atoms with Gasteiger partial charge in [-0.05, 0) is 54.5 Å². The molecule has 9 nitrogen and oxygen atoms in total. The number of benzene rings is 2. The molecule has 10 heteroatoms. The van der Waals surface area contributed by atoms with E-state index in [2.05, 4.69) is 22.4 Å². The number of ether oxygens (including phenoxy) is 3. The number of aromatic nitrogens is 3. The predicted molar refractivity (Wildman–Crippen MR) is 158 cm³/mol. The van der Waals surface area contributed by atoms with Gasteiger partial charge in [-0.1, -0.05) is 51.8 Å². The summed E-state index contributed by atoms with van der Waals surface area (Å²) in [5.74, 6) is 0.0914. The summed E-state index contributed by atoms with van der Waals surface area (Å²) < 4.78 is 16.5. The molecule has 0 saturated heterocycles. The minimum absolute atomic E-state index is 0.0315. The Balaban J connectivity index is 1.45. The Hall–Kier alpha value is -2.72. The van der Waals surface area contributed by atoms with Crippen LogP contribution in [-0.4, -0.2) is 72.2 Å². The zero-order chi connectivity index (χ0) is 29.0. The second-order valence-electron chi connectivity index (χ2n) is 10.8. The molecule has 1 aromatic heterocycles. The van der Waals surface area contributed by atoms with Gasteiger partial charge in [-0.2, -0.15) is 0 Å². The van der Waals surface area contributed by atoms with E-state index in [1.165, 1.54) is 4.80 Å². The minimum atomic E-state index is -0.319. The van der Waals surface area contributed by atoms with Crippen molar-refractivity contribution in [2.75, 3.05) is 46.2 Å². The molecule has 2 aromatic carbocycles. The Bertz CT molecular complexity index is 1220. The van der Waals surface area contributed by atoms with E-state index < -0.39 is 0 Å². The third kappa shape index (κ3) is 10.0. The number of hydrogen-bond acceptors (Lipinski definition) is 7. The van der Waals surface area contributed by atoms with Crippen molar-refractivity contribution in [3.8, 4) is 11.4 Å². The Morgan fingerprint density at radius 3 is 2.27 bits per heavy atom. The number of nitrogens with one attached hydrogen (secondary N) is 1. The molecular weight excluding hydrogens is 532 g/mol. The fourth-order valence-electron chi connectivity index (χ4n) is 4.08. The molecule has 0 atom stereocenters. The van der Waals surface area contributed by atoms with Crippen molar-refractivity contribution in [1.29, 1.82) is 0 Å². The number of amides is 1. The number of hydrogen-bond donors (Lipinski definition) is 2. The van der Waals surface area contributed by atoms with Crippen LogP contribution in [0, 0.1) is 0 Å². The molecule has 3 rings (SSSR count). The van der Waals surface area contributed by atoms with Crippen molar-refractivity contribution in [3.05, 3.63) is 46.5 Å². The lowest BCUT2D eigenvalue weighted by Gasteiger charge is -2.23. The van der Waals surface area contributed by atoms with E-state index >= 15 is 0 Å². The van der Waals surface area contributed by atoms with Gasteiger partial charge in [0.2, 0.25) is 5.91 Å². The van der Waals surface area contributed by atoms with Crippen LogP contribution in [-0.2, 0) is 30.8 Å². The van der Waals surface area contributed by atoms with Crippen LogP contribution in [0.1, 0.15) is 64.5 Å². The number of phenols is 1. The van der Waals surface area contributed by atoms with Crippen LogP contribution in [0.5, 0.6) is 5.75 Å². The molecule has 0 unspecified atom stereocenters. The number of aryl methyl sites for hydroxylation is 1. The number of nitrogens with zero attached hydrogens (tertiary/aromatic N) is 3. The van der Waals surface area contributed by atoms with Crippen LogP contribution in [0.4, 0.5) is 0 Å². The quantitative estimate of drug-likeness (QED) is 0.209. The molecule has 3 aromatic rings. The average Bonchev–Trinajstić information content (AvgIpc) is 3.33. The first-order chi connectivity index (χ1) is 19.2. The summed E-state index contributed by atoms with van der Waals surface area (Å²) >= 11 is 6.11. The zero-order valence-corrected chi connectivity index (χ0v) is 24.9. The smallest absolute Gasteiger partial charge is 0.220 e. The first kappa shape index (κ1) is 31.8. The highest BCUT2D eigenvalue weighted by Crippen LogP contribution is 2.36. The predicted octanol–water partition coefficient (Wildman–Crippen LogP) is 5.37. The van der Waals surface area contributed by atoms with Crippen molar-refractivity contribution >= 4 is 28.5 Å². The normalized spacial score (nSPS) is 11.8. The second kappa shape index (κ2) is 15.9. The van der Waals surface area contributed by atoms with E-state index in [4.69, 9.17) is 25.8 Å².